The summed E-state index contributed by atoms with van der Waals surface area (Å²) in [5.41, 5.74) is 5.94. The van der Waals surface area contributed by atoms with Crippen LogP contribution < -0.4 is 11.1 Å². The minimum Gasteiger partial charge on any atom is -0.379 e. The van der Waals surface area contributed by atoms with Crippen molar-refractivity contribution in [3.63, 3.8) is 0 Å². The number of ether oxygens (including phenoxy) is 1. The van der Waals surface area contributed by atoms with Gasteiger partial charge in [0, 0.05) is 32.2 Å². The maximum absolute atomic E-state index is 12.5. The van der Waals surface area contributed by atoms with Gasteiger partial charge < -0.3 is 15.8 Å². The highest BCUT2D eigenvalue weighted by Crippen LogP contribution is 2.12. The van der Waals surface area contributed by atoms with E-state index in [-0.39, 0.29) is 11.8 Å². The van der Waals surface area contributed by atoms with Crippen molar-refractivity contribution < 1.29 is 13.2 Å². The van der Waals surface area contributed by atoms with E-state index in [0.717, 1.165) is 39.3 Å². The summed E-state index contributed by atoms with van der Waals surface area (Å²) in [6, 6.07) is 8.23. The summed E-state index contributed by atoms with van der Waals surface area (Å²) in [5.74, 6) is 0.305. The average molecular weight is 383 g/mol. The van der Waals surface area contributed by atoms with Crippen LogP contribution in [0.25, 0.3) is 0 Å². The minimum absolute atomic E-state index is 0.00247. The number of nitrogens with one attached hydrogen (secondary N) is 1. The molecule has 1 atom stereocenters. The molecule has 3 N–H and O–H groups in total. The van der Waals surface area contributed by atoms with Gasteiger partial charge in [-0.15, -0.1) is 0 Å². The highest BCUT2D eigenvalue weighted by molar-refractivity contribution is 7.91. The SMILES string of the molecule is CCC(CS(=O)(=O)c1ccccc1)NC(N)=NCCCN1CCOCC1. The van der Waals surface area contributed by atoms with Crippen LogP contribution in [0.2, 0.25) is 0 Å². The average Bonchev–Trinajstić information content (AvgIpc) is 2.66. The highest BCUT2D eigenvalue weighted by atomic mass is 32.2. The Morgan fingerprint density at radius 2 is 2.00 bits per heavy atom. The van der Waals surface area contributed by atoms with E-state index in [0.29, 0.717) is 23.8 Å². The van der Waals surface area contributed by atoms with Crippen molar-refractivity contribution in [3.8, 4) is 0 Å². The summed E-state index contributed by atoms with van der Waals surface area (Å²) in [6.45, 7) is 7.04. The zero-order valence-corrected chi connectivity index (χ0v) is 16.2. The molecule has 2 rings (SSSR count). The molecular weight excluding hydrogens is 352 g/mol. The van der Waals surface area contributed by atoms with Crippen molar-refractivity contribution in [3.05, 3.63) is 30.3 Å². The number of hydrogen-bond acceptors (Lipinski definition) is 5. The highest BCUT2D eigenvalue weighted by Gasteiger charge is 2.20. The summed E-state index contributed by atoms with van der Waals surface area (Å²) < 4.78 is 30.3. The van der Waals surface area contributed by atoms with E-state index in [9.17, 15) is 8.42 Å². The molecule has 1 aliphatic heterocycles. The second-order valence-electron chi connectivity index (χ2n) is 6.42. The van der Waals surface area contributed by atoms with E-state index in [4.69, 9.17) is 10.5 Å². The molecule has 0 amide bonds. The molecule has 0 aliphatic carbocycles. The zero-order valence-electron chi connectivity index (χ0n) is 15.4. The van der Waals surface area contributed by atoms with E-state index in [2.05, 4.69) is 15.2 Å². The minimum atomic E-state index is -3.35. The lowest BCUT2D eigenvalue weighted by Gasteiger charge is -2.26. The molecule has 0 bridgehead atoms. The first-order valence-electron chi connectivity index (χ1n) is 9.15. The smallest absolute Gasteiger partial charge is 0.188 e. The Balaban J connectivity index is 1.78. The predicted molar refractivity (Wildman–Crippen MR) is 104 cm³/mol. The lowest BCUT2D eigenvalue weighted by atomic mass is 10.3. The molecule has 1 aromatic rings. The van der Waals surface area contributed by atoms with E-state index < -0.39 is 9.84 Å². The largest absolute Gasteiger partial charge is 0.379 e. The van der Waals surface area contributed by atoms with Crippen LogP contribution >= 0.6 is 0 Å². The maximum Gasteiger partial charge on any atom is 0.188 e. The molecule has 7 nitrogen and oxygen atoms in total. The molecular formula is C18H30N4O3S. The van der Waals surface area contributed by atoms with Gasteiger partial charge in [0.15, 0.2) is 15.8 Å². The third kappa shape index (κ3) is 6.93. The zero-order chi connectivity index (χ0) is 18.8. The summed E-state index contributed by atoms with van der Waals surface area (Å²) in [7, 11) is -3.35. The fourth-order valence-corrected chi connectivity index (χ4v) is 4.44. The number of sulfone groups is 1. The second kappa shape index (κ2) is 10.5. The van der Waals surface area contributed by atoms with Gasteiger partial charge in [0.1, 0.15) is 0 Å². The number of hydrogen-bond donors (Lipinski definition) is 2. The van der Waals surface area contributed by atoms with Crippen LogP contribution in [0, 0.1) is 0 Å². The Bertz CT molecular complexity index is 658. The van der Waals surface area contributed by atoms with Gasteiger partial charge in [-0.1, -0.05) is 25.1 Å². The van der Waals surface area contributed by atoms with E-state index in [1.807, 2.05) is 6.92 Å². The fourth-order valence-electron chi connectivity index (χ4n) is 2.82. The van der Waals surface area contributed by atoms with Crippen molar-refractivity contribution in [2.24, 2.45) is 10.7 Å². The number of nitrogens with zero attached hydrogens (tertiary/aromatic N) is 2. The molecule has 26 heavy (non-hydrogen) atoms. The standard InChI is InChI=1S/C18H30N4O3S/c1-2-16(15-26(23,24)17-7-4-3-5-8-17)21-18(19)20-9-6-10-22-11-13-25-14-12-22/h3-5,7-8,16H,2,6,9-15H2,1H3,(H3,19,20,21). The van der Waals surface area contributed by atoms with Gasteiger partial charge in [0.2, 0.25) is 0 Å². The van der Waals surface area contributed by atoms with Gasteiger partial charge in [-0.3, -0.25) is 9.89 Å². The van der Waals surface area contributed by atoms with Crippen LogP contribution in [0.1, 0.15) is 19.8 Å². The van der Waals surface area contributed by atoms with Crippen LogP contribution in [-0.2, 0) is 14.6 Å². The number of benzene rings is 1. The summed E-state index contributed by atoms with van der Waals surface area (Å²) in [6.07, 6.45) is 1.57. The Kier molecular flexibility index (Phi) is 8.34. The quantitative estimate of drug-likeness (QED) is 0.374. The second-order valence-corrected chi connectivity index (χ2v) is 8.45. The first-order chi connectivity index (χ1) is 12.5. The van der Waals surface area contributed by atoms with Crippen molar-refractivity contribution >= 4 is 15.8 Å². The van der Waals surface area contributed by atoms with Gasteiger partial charge in [-0.05, 0) is 25.0 Å². The van der Waals surface area contributed by atoms with Gasteiger partial charge in [0.05, 0.1) is 23.9 Å². The lowest BCUT2D eigenvalue weighted by molar-refractivity contribution is 0.0377. The Hall–Kier alpha value is -1.64. The van der Waals surface area contributed by atoms with Gasteiger partial charge >= 0.3 is 0 Å². The molecule has 1 fully saturated rings. The molecule has 0 saturated carbocycles. The van der Waals surface area contributed by atoms with Crippen LogP contribution in [0.4, 0.5) is 0 Å². The molecule has 0 spiro atoms. The molecule has 0 radical (unpaired) electrons. The third-order valence-electron chi connectivity index (χ3n) is 4.39. The molecule has 146 valence electrons. The topological polar surface area (TPSA) is 97.0 Å². The number of morpholine rings is 1. The Morgan fingerprint density at radius 1 is 1.31 bits per heavy atom. The van der Waals surface area contributed by atoms with Crippen LogP contribution in [0.3, 0.4) is 0 Å². The molecule has 1 aromatic carbocycles. The summed E-state index contributed by atoms with van der Waals surface area (Å²) in [5, 5.41) is 3.05. The third-order valence-corrected chi connectivity index (χ3v) is 6.22. The van der Waals surface area contributed by atoms with E-state index in [1.54, 1.807) is 30.3 Å². The summed E-state index contributed by atoms with van der Waals surface area (Å²) >= 11 is 0. The Labute approximate surface area is 156 Å². The molecule has 0 aromatic heterocycles. The van der Waals surface area contributed by atoms with Gasteiger partial charge in [-0.2, -0.15) is 0 Å². The maximum atomic E-state index is 12.5. The molecule has 1 aliphatic rings. The van der Waals surface area contributed by atoms with Crippen LogP contribution in [-0.4, -0.2) is 70.5 Å². The lowest BCUT2D eigenvalue weighted by Crippen LogP contribution is -2.43. The number of aliphatic imine (C=N–C) groups is 1. The van der Waals surface area contributed by atoms with Gasteiger partial charge in [0.25, 0.3) is 0 Å². The Morgan fingerprint density at radius 3 is 2.65 bits per heavy atom. The normalized spacial score (nSPS) is 17.8. The van der Waals surface area contributed by atoms with E-state index >= 15 is 0 Å². The van der Waals surface area contributed by atoms with Crippen LogP contribution in [0.5, 0.6) is 0 Å². The molecule has 1 saturated heterocycles. The van der Waals surface area contributed by atoms with Crippen molar-refractivity contribution in [1.29, 1.82) is 0 Å². The molecule has 1 unspecified atom stereocenters. The number of rotatable bonds is 9. The number of nitrogens with two attached hydrogens (primary N) is 1. The fraction of sp³-hybridized carbons (Fsp3) is 0.611. The van der Waals surface area contributed by atoms with Crippen molar-refractivity contribution in [2.45, 2.75) is 30.7 Å². The molecule has 1 heterocycles. The van der Waals surface area contributed by atoms with Crippen LogP contribution in [0.15, 0.2) is 40.2 Å². The first-order valence-corrected chi connectivity index (χ1v) is 10.8. The van der Waals surface area contributed by atoms with Gasteiger partial charge in [-0.25, -0.2) is 8.42 Å². The number of guanidine groups is 1. The monoisotopic (exact) mass is 382 g/mol. The first kappa shape index (κ1) is 20.7. The van der Waals surface area contributed by atoms with Crippen molar-refractivity contribution in [1.82, 2.24) is 10.2 Å². The predicted octanol–water partition coefficient (Wildman–Crippen LogP) is 0.866. The molecule has 8 heteroatoms. The summed E-state index contributed by atoms with van der Waals surface area (Å²) in [4.78, 5) is 7.02. The van der Waals surface area contributed by atoms with E-state index in [1.165, 1.54) is 0 Å². The van der Waals surface area contributed by atoms with Crippen molar-refractivity contribution in [2.75, 3.05) is 45.1 Å².